The lowest BCUT2D eigenvalue weighted by Gasteiger charge is -2.26. The molecule has 3 N–H and O–H groups in total. The van der Waals surface area contributed by atoms with Crippen molar-refractivity contribution in [2.24, 2.45) is 16.9 Å². The number of nitrogens with zero attached hydrogens (tertiary/aromatic N) is 1. The molecule has 2 atom stereocenters. The van der Waals surface area contributed by atoms with E-state index in [1.165, 1.54) is 0 Å². The number of nitrogens with two attached hydrogens (primary N) is 1. The van der Waals surface area contributed by atoms with Crippen LogP contribution in [0.5, 0.6) is 0 Å². The molecular formula is C14H17N3O3. The number of carbonyl (C=O) groups excluding carboxylic acids is 2. The number of nitrogen functional groups attached to an aromatic ring is 1. The molecule has 0 aliphatic carbocycles. The number of amides is 1. The number of nitrogens with one attached hydrogen (secondary N) is 1. The van der Waals surface area contributed by atoms with Crippen LogP contribution in [-0.4, -0.2) is 24.2 Å². The Morgan fingerprint density at radius 3 is 2.65 bits per heavy atom. The van der Waals surface area contributed by atoms with E-state index in [9.17, 15) is 9.59 Å². The van der Waals surface area contributed by atoms with Crippen LogP contribution in [0, 0.1) is 11.8 Å². The zero-order valence-electron chi connectivity index (χ0n) is 11.4. The number of rotatable bonds is 3. The fourth-order valence-electron chi connectivity index (χ4n) is 2.20. The maximum Gasteiger partial charge on any atom is 0.319 e. The Labute approximate surface area is 117 Å². The van der Waals surface area contributed by atoms with E-state index in [4.69, 9.17) is 10.5 Å². The molecule has 1 aromatic rings. The average Bonchev–Trinajstić information content (AvgIpc) is 2.41. The number of anilines is 1. The minimum absolute atomic E-state index is 0.240. The first-order valence-corrected chi connectivity index (χ1v) is 6.44. The lowest BCUT2D eigenvalue weighted by atomic mass is 9.85. The van der Waals surface area contributed by atoms with Crippen LogP contribution >= 0.6 is 0 Å². The zero-order chi connectivity index (χ0) is 14.7. The molecule has 1 heterocycles. The number of ether oxygens (including phenoxy) is 1. The summed E-state index contributed by atoms with van der Waals surface area (Å²) in [5.74, 6) is -2.19. The number of hydrazone groups is 1. The normalized spacial score (nSPS) is 21.9. The standard InChI is InChI=1S/C14H17N3O3/c1-3-20-14(19)11-8(2)12(16-17-13(11)18)9-4-6-10(15)7-5-9/h4-8,11H,3,15H2,1-2H3,(H,17,18). The Bertz CT molecular complexity index is 551. The summed E-state index contributed by atoms with van der Waals surface area (Å²) >= 11 is 0. The smallest absolute Gasteiger partial charge is 0.319 e. The highest BCUT2D eigenvalue weighted by atomic mass is 16.5. The number of esters is 1. The summed E-state index contributed by atoms with van der Waals surface area (Å²) in [6.07, 6.45) is 0. The van der Waals surface area contributed by atoms with Gasteiger partial charge < -0.3 is 10.5 Å². The maximum atomic E-state index is 11.9. The van der Waals surface area contributed by atoms with Crippen molar-refractivity contribution < 1.29 is 14.3 Å². The van der Waals surface area contributed by atoms with Gasteiger partial charge in [0.25, 0.3) is 5.91 Å². The molecule has 2 unspecified atom stereocenters. The summed E-state index contributed by atoms with van der Waals surface area (Å²) in [5, 5.41) is 4.05. The SMILES string of the molecule is CCOC(=O)C1C(=O)NN=C(c2ccc(N)cc2)C1C. The Kier molecular flexibility index (Phi) is 4.02. The Balaban J connectivity index is 2.29. The molecule has 20 heavy (non-hydrogen) atoms. The van der Waals surface area contributed by atoms with Gasteiger partial charge in [-0.05, 0) is 24.6 Å². The van der Waals surface area contributed by atoms with Gasteiger partial charge in [-0.1, -0.05) is 19.1 Å². The third kappa shape index (κ3) is 2.64. The van der Waals surface area contributed by atoms with Gasteiger partial charge in [-0.2, -0.15) is 5.10 Å². The third-order valence-corrected chi connectivity index (χ3v) is 3.25. The van der Waals surface area contributed by atoms with Crippen LogP contribution in [0.3, 0.4) is 0 Å². The van der Waals surface area contributed by atoms with Crippen molar-refractivity contribution in [2.45, 2.75) is 13.8 Å². The van der Waals surface area contributed by atoms with Crippen LogP contribution in [-0.2, 0) is 14.3 Å². The van der Waals surface area contributed by atoms with Crippen molar-refractivity contribution in [3.8, 4) is 0 Å². The second-order valence-electron chi connectivity index (χ2n) is 4.61. The van der Waals surface area contributed by atoms with Crippen LogP contribution in [0.15, 0.2) is 29.4 Å². The lowest BCUT2D eigenvalue weighted by Crippen LogP contribution is -2.45. The quantitative estimate of drug-likeness (QED) is 0.487. The van der Waals surface area contributed by atoms with Gasteiger partial charge in [-0.25, -0.2) is 5.43 Å². The molecule has 0 spiro atoms. The van der Waals surface area contributed by atoms with E-state index in [1.54, 1.807) is 26.0 Å². The van der Waals surface area contributed by atoms with Gasteiger partial charge in [0.15, 0.2) is 0 Å². The average molecular weight is 275 g/mol. The Morgan fingerprint density at radius 1 is 1.40 bits per heavy atom. The van der Waals surface area contributed by atoms with Crippen LogP contribution in [0.25, 0.3) is 0 Å². The van der Waals surface area contributed by atoms with E-state index in [0.29, 0.717) is 11.4 Å². The molecule has 106 valence electrons. The molecule has 1 aliphatic heterocycles. The molecule has 0 bridgehead atoms. The van der Waals surface area contributed by atoms with Crippen molar-refractivity contribution in [1.82, 2.24) is 5.43 Å². The van der Waals surface area contributed by atoms with Crippen molar-refractivity contribution in [3.63, 3.8) is 0 Å². The number of hydrogen-bond acceptors (Lipinski definition) is 5. The van der Waals surface area contributed by atoms with Crippen molar-refractivity contribution in [3.05, 3.63) is 29.8 Å². The van der Waals surface area contributed by atoms with Crippen LogP contribution in [0.1, 0.15) is 19.4 Å². The summed E-state index contributed by atoms with van der Waals surface area (Å²) in [5.41, 5.74) is 10.1. The van der Waals surface area contributed by atoms with Crippen molar-refractivity contribution in [2.75, 3.05) is 12.3 Å². The highest BCUT2D eigenvalue weighted by molar-refractivity contribution is 6.11. The van der Waals surface area contributed by atoms with Crippen LogP contribution in [0.4, 0.5) is 5.69 Å². The van der Waals surface area contributed by atoms with E-state index in [2.05, 4.69) is 10.5 Å². The largest absolute Gasteiger partial charge is 0.465 e. The van der Waals surface area contributed by atoms with Gasteiger partial charge in [0.1, 0.15) is 5.92 Å². The molecule has 1 aromatic carbocycles. The van der Waals surface area contributed by atoms with E-state index in [1.807, 2.05) is 12.1 Å². The predicted molar refractivity (Wildman–Crippen MR) is 74.8 cm³/mol. The molecule has 1 aliphatic rings. The molecule has 1 amide bonds. The third-order valence-electron chi connectivity index (χ3n) is 3.25. The van der Waals surface area contributed by atoms with E-state index in [-0.39, 0.29) is 12.5 Å². The van der Waals surface area contributed by atoms with E-state index in [0.717, 1.165) is 5.56 Å². The number of benzene rings is 1. The molecule has 6 nitrogen and oxygen atoms in total. The van der Waals surface area contributed by atoms with Gasteiger partial charge in [-0.15, -0.1) is 0 Å². The van der Waals surface area contributed by atoms with Crippen molar-refractivity contribution >= 4 is 23.3 Å². The summed E-state index contributed by atoms with van der Waals surface area (Å²) in [6.45, 7) is 3.73. The second kappa shape index (κ2) is 5.73. The molecule has 0 saturated carbocycles. The molecule has 0 saturated heterocycles. The predicted octanol–water partition coefficient (Wildman–Crippen LogP) is 0.918. The Morgan fingerprint density at radius 2 is 2.05 bits per heavy atom. The van der Waals surface area contributed by atoms with Gasteiger partial charge in [0, 0.05) is 11.6 Å². The highest BCUT2D eigenvalue weighted by Crippen LogP contribution is 2.23. The lowest BCUT2D eigenvalue weighted by molar-refractivity contribution is -0.153. The summed E-state index contributed by atoms with van der Waals surface area (Å²) < 4.78 is 4.95. The highest BCUT2D eigenvalue weighted by Gasteiger charge is 2.39. The van der Waals surface area contributed by atoms with Gasteiger partial charge in [0.2, 0.25) is 0 Å². The van der Waals surface area contributed by atoms with Crippen LogP contribution in [0.2, 0.25) is 0 Å². The monoisotopic (exact) mass is 275 g/mol. The summed E-state index contributed by atoms with van der Waals surface area (Å²) in [7, 11) is 0. The Hall–Kier alpha value is -2.37. The maximum absolute atomic E-state index is 11.9. The first-order chi connectivity index (χ1) is 9.54. The molecule has 0 fully saturated rings. The second-order valence-corrected chi connectivity index (χ2v) is 4.61. The van der Waals surface area contributed by atoms with Gasteiger partial charge in [0.05, 0.1) is 12.3 Å². The summed E-state index contributed by atoms with van der Waals surface area (Å²) in [4.78, 5) is 23.7. The van der Waals surface area contributed by atoms with Crippen LogP contribution < -0.4 is 11.2 Å². The molecule has 0 aromatic heterocycles. The van der Waals surface area contributed by atoms with Gasteiger partial charge in [-0.3, -0.25) is 9.59 Å². The number of carbonyl (C=O) groups is 2. The minimum atomic E-state index is -0.875. The van der Waals surface area contributed by atoms with E-state index < -0.39 is 17.8 Å². The molecular weight excluding hydrogens is 258 g/mol. The first kappa shape index (κ1) is 14.0. The van der Waals surface area contributed by atoms with Crippen molar-refractivity contribution in [1.29, 1.82) is 0 Å². The molecule has 0 radical (unpaired) electrons. The molecule has 6 heteroatoms. The van der Waals surface area contributed by atoms with E-state index >= 15 is 0 Å². The number of hydrogen-bond donors (Lipinski definition) is 2. The fourth-order valence-corrected chi connectivity index (χ4v) is 2.20. The minimum Gasteiger partial charge on any atom is -0.465 e. The first-order valence-electron chi connectivity index (χ1n) is 6.44. The van der Waals surface area contributed by atoms with Gasteiger partial charge >= 0.3 is 5.97 Å². The zero-order valence-corrected chi connectivity index (χ0v) is 11.4. The topological polar surface area (TPSA) is 93.8 Å². The fraction of sp³-hybridized carbons (Fsp3) is 0.357. The summed E-state index contributed by atoms with van der Waals surface area (Å²) in [6, 6.07) is 7.12. The molecule has 2 rings (SSSR count).